The highest BCUT2D eigenvalue weighted by atomic mass is 32.1. The summed E-state index contributed by atoms with van der Waals surface area (Å²) in [5.41, 5.74) is 2.31. The first-order valence-corrected chi connectivity index (χ1v) is 10.7. The molecule has 1 saturated carbocycles. The van der Waals surface area contributed by atoms with Gasteiger partial charge in [0, 0.05) is 49.5 Å². The van der Waals surface area contributed by atoms with Crippen LogP contribution in [0.5, 0.6) is 0 Å². The molecule has 7 nitrogen and oxygen atoms in total. The average Bonchev–Trinajstić information content (AvgIpc) is 3.53. The summed E-state index contributed by atoms with van der Waals surface area (Å²) >= 11 is 1.59. The molecule has 29 heavy (non-hydrogen) atoms. The molecule has 1 aliphatic heterocycles. The molecule has 2 aromatic heterocycles. The molecular formula is C21H21N5O2S. The molecule has 1 saturated heterocycles. The van der Waals surface area contributed by atoms with Gasteiger partial charge in [-0.25, -0.2) is 9.97 Å². The molecular weight excluding hydrogens is 386 g/mol. The van der Waals surface area contributed by atoms with Gasteiger partial charge >= 0.3 is 0 Å². The van der Waals surface area contributed by atoms with Crippen LogP contribution in [0.4, 0.5) is 10.8 Å². The van der Waals surface area contributed by atoms with E-state index in [-0.39, 0.29) is 17.7 Å². The van der Waals surface area contributed by atoms with Crippen molar-refractivity contribution in [1.29, 1.82) is 0 Å². The van der Waals surface area contributed by atoms with Crippen molar-refractivity contribution < 1.29 is 9.59 Å². The van der Waals surface area contributed by atoms with Crippen LogP contribution in [0, 0.1) is 5.92 Å². The summed E-state index contributed by atoms with van der Waals surface area (Å²) in [5, 5.41) is 3.86. The number of nitrogens with zero attached hydrogens (tertiary/aromatic N) is 4. The Balaban J connectivity index is 1.20. The topological polar surface area (TPSA) is 78.4 Å². The van der Waals surface area contributed by atoms with Gasteiger partial charge in [0.15, 0.2) is 5.13 Å². The molecule has 0 bridgehead atoms. The number of aromatic nitrogens is 2. The first-order valence-electron chi connectivity index (χ1n) is 9.84. The lowest BCUT2D eigenvalue weighted by Gasteiger charge is -2.34. The predicted molar refractivity (Wildman–Crippen MR) is 113 cm³/mol. The lowest BCUT2D eigenvalue weighted by molar-refractivity contribution is -0.117. The molecule has 2 fully saturated rings. The summed E-state index contributed by atoms with van der Waals surface area (Å²) in [6, 6.07) is 11.0. The van der Waals surface area contributed by atoms with Gasteiger partial charge in [-0.15, -0.1) is 0 Å². The molecule has 5 rings (SSSR count). The zero-order valence-corrected chi connectivity index (χ0v) is 16.7. The highest BCUT2D eigenvalue weighted by Gasteiger charge is 2.29. The second-order valence-corrected chi connectivity index (χ2v) is 8.40. The lowest BCUT2D eigenvalue weighted by Crippen LogP contribution is -2.48. The van der Waals surface area contributed by atoms with E-state index >= 15 is 0 Å². The largest absolute Gasteiger partial charge is 0.344 e. The van der Waals surface area contributed by atoms with Crippen LogP contribution in [0.1, 0.15) is 23.2 Å². The Morgan fingerprint density at radius 2 is 1.79 bits per heavy atom. The third-order valence-electron chi connectivity index (χ3n) is 5.34. The zero-order chi connectivity index (χ0) is 19.8. The van der Waals surface area contributed by atoms with Gasteiger partial charge in [-0.1, -0.05) is 11.3 Å². The van der Waals surface area contributed by atoms with Gasteiger partial charge in [-0.2, -0.15) is 0 Å². The number of carbonyl (C=O) groups is 2. The minimum atomic E-state index is 0.0238. The van der Waals surface area contributed by atoms with E-state index in [1.807, 2.05) is 17.0 Å². The zero-order valence-electron chi connectivity index (χ0n) is 15.9. The monoisotopic (exact) mass is 407 g/mol. The summed E-state index contributed by atoms with van der Waals surface area (Å²) in [5.74, 6) is 0.264. The number of pyridine rings is 1. The molecule has 3 heterocycles. The van der Waals surface area contributed by atoms with Gasteiger partial charge in [0.1, 0.15) is 10.3 Å². The number of rotatable bonds is 4. The Bertz CT molecular complexity index is 1020. The molecule has 0 spiro atoms. The summed E-state index contributed by atoms with van der Waals surface area (Å²) in [6.07, 6.45) is 3.73. The number of piperazine rings is 1. The minimum Gasteiger partial charge on any atom is -0.344 e. The van der Waals surface area contributed by atoms with E-state index < -0.39 is 0 Å². The van der Waals surface area contributed by atoms with Gasteiger partial charge in [-0.3, -0.25) is 9.59 Å². The summed E-state index contributed by atoms with van der Waals surface area (Å²) < 4.78 is 0. The van der Waals surface area contributed by atoms with Crippen molar-refractivity contribution in [2.24, 2.45) is 5.92 Å². The minimum absolute atomic E-state index is 0.0238. The molecule has 8 heteroatoms. The molecule has 148 valence electrons. The van der Waals surface area contributed by atoms with Crippen molar-refractivity contribution in [2.45, 2.75) is 12.8 Å². The molecule has 3 aromatic rings. The van der Waals surface area contributed by atoms with E-state index in [0.29, 0.717) is 18.7 Å². The van der Waals surface area contributed by atoms with E-state index in [4.69, 9.17) is 0 Å². The Morgan fingerprint density at radius 3 is 2.48 bits per heavy atom. The van der Waals surface area contributed by atoms with Gasteiger partial charge in [0.25, 0.3) is 5.91 Å². The van der Waals surface area contributed by atoms with Gasteiger partial charge < -0.3 is 15.1 Å². The lowest BCUT2D eigenvalue weighted by atomic mass is 10.1. The number of nitrogens with one attached hydrogen (secondary N) is 1. The van der Waals surface area contributed by atoms with Crippen LogP contribution in [-0.2, 0) is 4.79 Å². The van der Waals surface area contributed by atoms with Gasteiger partial charge in [-0.05, 0) is 49.2 Å². The van der Waals surface area contributed by atoms with Gasteiger partial charge in [0.2, 0.25) is 5.91 Å². The first kappa shape index (κ1) is 18.1. The first-order chi connectivity index (χ1) is 14.2. The number of thiazole rings is 1. The molecule has 0 atom stereocenters. The molecule has 0 unspecified atom stereocenters. The Kier molecular flexibility index (Phi) is 4.63. The molecule has 0 radical (unpaired) electrons. The number of fused-ring (bicyclic) bond motifs is 1. The van der Waals surface area contributed by atoms with Crippen LogP contribution in [0.25, 0.3) is 10.3 Å². The smallest absolute Gasteiger partial charge is 0.253 e. The number of carbonyl (C=O) groups excluding carboxylic acids is 2. The van der Waals surface area contributed by atoms with Crippen LogP contribution in [0.3, 0.4) is 0 Å². The standard InChI is InChI=1S/C21H21N5O2S/c27-18(14-3-4-14)23-16-7-5-15(6-8-16)20(28)25-10-12-26(13-11-25)21-24-17-2-1-9-22-19(17)29-21/h1-2,5-9,14H,3-4,10-13H2,(H,23,27). The molecule has 1 aliphatic carbocycles. The van der Waals surface area contributed by atoms with Crippen LogP contribution in [-0.4, -0.2) is 52.9 Å². The molecule has 1 N–H and O–H groups in total. The Labute approximate surface area is 172 Å². The van der Waals surface area contributed by atoms with E-state index in [1.54, 1.807) is 41.8 Å². The van der Waals surface area contributed by atoms with Crippen LogP contribution >= 0.6 is 11.3 Å². The van der Waals surface area contributed by atoms with Crippen molar-refractivity contribution in [3.8, 4) is 0 Å². The number of anilines is 2. The molecule has 2 aliphatic rings. The summed E-state index contributed by atoms with van der Waals surface area (Å²) in [6.45, 7) is 2.81. The predicted octanol–water partition coefficient (Wildman–Crippen LogP) is 3.00. The highest BCUT2D eigenvalue weighted by molar-refractivity contribution is 7.21. The van der Waals surface area contributed by atoms with E-state index in [1.165, 1.54) is 0 Å². The summed E-state index contributed by atoms with van der Waals surface area (Å²) in [7, 11) is 0. The summed E-state index contributed by atoms with van der Waals surface area (Å²) in [4.78, 5) is 38.7. The van der Waals surface area contributed by atoms with E-state index in [9.17, 15) is 9.59 Å². The highest BCUT2D eigenvalue weighted by Crippen LogP contribution is 2.30. The van der Waals surface area contributed by atoms with E-state index in [0.717, 1.165) is 47.1 Å². The fourth-order valence-corrected chi connectivity index (χ4v) is 4.42. The van der Waals surface area contributed by atoms with Gasteiger partial charge in [0.05, 0.1) is 0 Å². The maximum Gasteiger partial charge on any atom is 0.253 e. The molecule has 1 aromatic carbocycles. The molecule has 2 amide bonds. The SMILES string of the molecule is O=C(Nc1ccc(C(=O)N2CCN(c3nc4cccnc4s3)CC2)cc1)C1CC1. The third kappa shape index (κ3) is 3.80. The van der Waals surface area contributed by atoms with Crippen LogP contribution in [0.15, 0.2) is 42.6 Å². The third-order valence-corrected chi connectivity index (χ3v) is 6.38. The van der Waals surface area contributed by atoms with Crippen molar-refractivity contribution in [3.63, 3.8) is 0 Å². The second-order valence-electron chi connectivity index (χ2n) is 7.44. The quantitative estimate of drug-likeness (QED) is 0.719. The van der Waals surface area contributed by atoms with Crippen molar-refractivity contribution in [2.75, 3.05) is 36.4 Å². The number of hydrogen-bond acceptors (Lipinski definition) is 6. The van der Waals surface area contributed by atoms with Crippen LogP contribution in [0.2, 0.25) is 0 Å². The maximum absolute atomic E-state index is 12.8. The Morgan fingerprint density at radius 1 is 1.03 bits per heavy atom. The number of benzene rings is 1. The second kappa shape index (κ2) is 7.44. The fraction of sp³-hybridized carbons (Fsp3) is 0.333. The normalized spacial score (nSPS) is 16.8. The average molecular weight is 407 g/mol. The fourth-order valence-electron chi connectivity index (χ4n) is 3.46. The number of hydrogen-bond donors (Lipinski definition) is 1. The van der Waals surface area contributed by atoms with Crippen molar-refractivity contribution >= 4 is 44.3 Å². The van der Waals surface area contributed by atoms with Crippen molar-refractivity contribution in [3.05, 3.63) is 48.2 Å². The van der Waals surface area contributed by atoms with Crippen LogP contribution < -0.4 is 10.2 Å². The van der Waals surface area contributed by atoms with Crippen molar-refractivity contribution in [1.82, 2.24) is 14.9 Å². The maximum atomic E-state index is 12.8. The number of amides is 2. The van der Waals surface area contributed by atoms with E-state index in [2.05, 4.69) is 20.2 Å². The Hall–Kier alpha value is -3.00.